The van der Waals surface area contributed by atoms with Gasteiger partial charge < -0.3 is 14.5 Å². The van der Waals surface area contributed by atoms with E-state index < -0.39 is 29.3 Å². The van der Waals surface area contributed by atoms with E-state index in [0.29, 0.717) is 78.7 Å². The van der Waals surface area contributed by atoms with Crippen LogP contribution in [0.5, 0.6) is 6.01 Å². The Labute approximate surface area is 310 Å². The molecule has 5 aromatic rings. The van der Waals surface area contributed by atoms with Gasteiger partial charge in [0.05, 0.1) is 28.7 Å². The maximum Gasteiger partial charge on any atom is 0.319 e. The molecule has 4 saturated heterocycles. The van der Waals surface area contributed by atoms with Gasteiger partial charge >= 0.3 is 6.01 Å². The molecule has 54 heavy (non-hydrogen) atoms. The Bertz CT molecular complexity index is 2350. The molecule has 0 radical (unpaired) electrons. The van der Waals surface area contributed by atoms with Crippen LogP contribution in [0.2, 0.25) is 0 Å². The third-order valence-electron chi connectivity index (χ3n) is 11.7. The molecule has 9 nitrogen and oxygen atoms in total. The van der Waals surface area contributed by atoms with Gasteiger partial charge in [0.2, 0.25) is 0 Å². The normalized spacial score (nSPS) is 24.2. The standard InChI is InChI=1S/C42H38F3N7O2/c1-2-26-9-5-10-27-11-6-13-30(35(26)27)37-36(45)38-31(23-47-37)39(49-41(48-38)54-25-42-16-8-18-50(42)24-28(43)22-42)51-19-7-14-33-34(51)15-20-52(33)40(53)32(44)21-29-12-3-4-17-46-29/h1,3-6,9-13,17,21,23,28,33-34H,7-8,14-16,18-20,22,24-25H2/b32-21-/t28-,33?,34?,42+/m1/s1. The van der Waals surface area contributed by atoms with Gasteiger partial charge in [-0.2, -0.15) is 9.97 Å². The third-order valence-corrected chi connectivity index (χ3v) is 11.7. The number of nitrogens with zero attached hydrogens (tertiary/aromatic N) is 7. The summed E-state index contributed by atoms with van der Waals surface area (Å²) in [7, 11) is 0. The predicted octanol–water partition coefficient (Wildman–Crippen LogP) is 6.90. The SMILES string of the molecule is C#Cc1cccc2cccc(-c3ncc4c(N5CCCC6C5CCN6C(=O)/C(F)=C/c5ccccn5)nc(OC[C@@]56CCCN5C[C@H](F)C6)nc4c3F)c12. The number of hydrogen-bond acceptors (Lipinski definition) is 8. The molecule has 0 aliphatic carbocycles. The minimum absolute atomic E-state index is 0.0169. The van der Waals surface area contributed by atoms with E-state index in [9.17, 15) is 9.18 Å². The third kappa shape index (κ3) is 5.82. The number of aromatic nitrogens is 4. The largest absolute Gasteiger partial charge is 0.461 e. The van der Waals surface area contributed by atoms with Crippen molar-refractivity contribution in [2.75, 3.05) is 37.7 Å². The number of halogens is 3. The van der Waals surface area contributed by atoms with Crippen LogP contribution in [0.25, 0.3) is 39.0 Å². The Kier molecular flexibility index (Phi) is 8.69. The van der Waals surface area contributed by atoms with Crippen LogP contribution in [0, 0.1) is 18.2 Å². The summed E-state index contributed by atoms with van der Waals surface area (Å²) < 4.78 is 53.5. The highest BCUT2D eigenvalue weighted by Crippen LogP contribution is 2.42. The van der Waals surface area contributed by atoms with Crippen LogP contribution in [-0.2, 0) is 4.79 Å². The van der Waals surface area contributed by atoms with Crippen LogP contribution >= 0.6 is 0 Å². The highest BCUT2D eigenvalue weighted by Gasteiger charge is 2.50. The number of terminal acetylenes is 1. The lowest BCUT2D eigenvalue weighted by Gasteiger charge is -2.40. The summed E-state index contributed by atoms with van der Waals surface area (Å²) in [5, 5.41) is 1.95. The molecule has 2 aromatic carbocycles. The van der Waals surface area contributed by atoms with Gasteiger partial charge in [-0.1, -0.05) is 42.3 Å². The second-order valence-corrected chi connectivity index (χ2v) is 14.7. The van der Waals surface area contributed by atoms with Crippen molar-refractivity contribution in [1.29, 1.82) is 0 Å². The highest BCUT2D eigenvalue weighted by atomic mass is 19.1. The molecule has 4 atom stereocenters. The number of fused-ring (bicyclic) bond motifs is 4. The average molecular weight is 730 g/mol. The summed E-state index contributed by atoms with van der Waals surface area (Å²) >= 11 is 0. The van der Waals surface area contributed by atoms with E-state index in [1.807, 2.05) is 30.3 Å². The summed E-state index contributed by atoms with van der Waals surface area (Å²) in [4.78, 5) is 37.7. The molecule has 4 aliphatic heterocycles. The fourth-order valence-electron chi connectivity index (χ4n) is 9.29. The second kappa shape index (κ2) is 13.7. The van der Waals surface area contributed by atoms with Crippen molar-refractivity contribution in [2.45, 2.75) is 62.3 Å². The van der Waals surface area contributed by atoms with E-state index in [-0.39, 0.29) is 35.9 Å². The van der Waals surface area contributed by atoms with Crippen LogP contribution < -0.4 is 9.64 Å². The van der Waals surface area contributed by atoms with Gasteiger partial charge in [0.15, 0.2) is 11.6 Å². The Morgan fingerprint density at radius 2 is 1.89 bits per heavy atom. The molecule has 0 N–H and O–H groups in total. The number of carbonyl (C=O) groups is 1. The lowest BCUT2D eigenvalue weighted by atomic mass is 9.95. The lowest BCUT2D eigenvalue weighted by molar-refractivity contribution is -0.129. The average Bonchev–Trinajstić information content (AvgIpc) is 3.89. The zero-order valence-electron chi connectivity index (χ0n) is 29.6. The first kappa shape index (κ1) is 34.2. The number of alkyl halides is 1. The molecule has 1 amide bonds. The lowest BCUT2D eigenvalue weighted by Crippen LogP contribution is -2.51. The first-order chi connectivity index (χ1) is 26.3. The summed E-state index contributed by atoms with van der Waals surface area (Å²) in [6.45, 7) is 2.25. The summed E-state index contributed by atoms with van der Waals surface area (Å²) in [6, 6.07) is 15.7. The molecule has 9 rings (SSSR count). The van der Waals surface area contributed by atoms with Gasteiger partial charge in [-0.15, -0.1) is 6.42 Å². The molecule has 274 valence electrons. The molecule has 0 spiro atoms. The van der Waals surface area contributed by atoms with Crippen molar-refractivity contribution in [3.05, 3.63) is 89.9 Å². The van der Waals surface area contributed by atoms with E-state index in [1.54, 1.807) is 41.6 Å². The summed E-state index contributed by atoms with van der Waals surface area (Å²) in [6.07, 6.45) is 13.2. The van der Waals surface area contributed by atoms with Crippen LogP contribution in [0.4, 0.5) is 19.0 Å². The van der Waals surface area contributed by atoms with E-state index >= 15 is 8.78 Å². The number of carbonyl (C=O) groups excluding carboxylic acids is 1. The van der Waals surface area contributed by atoms with Crippen molar-refractivity contribution in [2.24, 2.45) is 0 Å². The molecule has 12 heteroatoms. The van der Waals surface area contributed by atoms with Crippen LogP contribution in [-0.4, -0.2) is 92.2 Å². The number of rotatable bonds is 7. The number of likely N-dealkylation sites (tertiary alicyclic amines) is 1. The molecule has 2 unspecified atom stereocenters. The number of ether oxygens (including phenoxy) is 1. The van der Waals surface area contributed by atoms with Crippen molar-refractivity contribution < 1.29 is 22.7 Å². The Morgan fingerprint density at radius 3 is 2.72 bits per heavy atom. The maximum atomic E-state index is 17.1. The molecule has 4 aliphatic rings. The van der Waals surface area contributed by atoms with Crippen molar-refractivity contribution >= 4 is 39.5 Å². The van der Waals surface area contributed by atoms with Gasteiger partial charge in [0, 0.05) is 61.0 Å². The Balaban J connectivity index is 1.12. The minimum Gasteiger partial charge on any atom is -0.461 e. The molecular formula is C42H38F3N7O2. The monoisotopic (exact) mass is 729 g/mol. The van der Waals surface area contributed by atoms with Gasteiger partial charge in [-0.25, -0.2) is 13.2 Å². The molecular weight excluding hydrogens is 692 g/mol. The van der Waals surface area contributed by atoms with Gasteiger partial charge in [-0.3, -0.25) is 19.7 Å². The molecule has 7 heterocycles. The number of anilines is 1. The fourth-order valence-corrected chi connectivity index (χ4v) is 9.29. The number of pyridine rings is 2. The number of amides is 1. The maximum absolute atomic E-state index is 17.1. The zero-order valence-corrected chi connectivity index (χ0v) is 29.6. The summed E-state index contributed by atoms with van der Waals surface area (Å²) in [5.74, 6) is 0.940. The number of hydrogen-bond donors (Lipinski definition) is 0. The quantitative estimate of drug-likeness (QED) is 0.132. The van der Waals surface area contributed by atoms with Crippen LogP contribution in [0.3, 0.4) is 0 Å². The van der Waals surface area contributed by atoms with E-state index in [1.165, 1.54) is 0 Å². The zero-order chi connectivity index (χ0) is 37.0. The smallest absolute Gasteiger partial charge is 0.319 e. The van der Waals surface area contributed by atoms with Gasteiger partial charge in [0.1, 0.15) is 29.8 Å². The van der Waals surface area contributed by atoms with Crippen LogP contribution in [0.1, 0.15) is 49.8 Å². The van der Waals surface area contributed by atoms with E-state index in [2.05, 4.69) is 30.7 Å². The van der Waals surface area contributed by atoms with Crippen LogP contribution in [0.15, 0.2) is 72.8 Å². The molecule has 0 bridgehead atoms. The van der Waals surface area contributed by atoms with E-state index in [0.717, 1.165) is 30.8 Å². The first-order valence-corrected chi connectivity index (χ1v) is 18.6. The Hall–Kier alpha value is -5.54. The fraction of sp³-hybridized carbons (Fsp3) is 0.357. The van der Waals surface area contributed by atoms with Crippen molar-refractivity contribution in [3.63, 3.8) is 0 Å². The first-order valence-electron chi connectivity index (χ1n) is 18.6. The second-order valence-electron chi connectivity index (χ2n) is 14.7. The van der Waals surface area contributed by atoms with Crippen molar-refractivity contribution in [1.82, 2.24) is 29.7 Å². The minimum atomic E-state index is -0.941. The van der Waals surface area contributed by atoms with Crippen molar-refractivity contribution in [3.8, 4) is 29.6 Å². The number of piperidine rings is 1. The Morgan fingerprint density at radius 1 is 1.02 bits per heavy atom. The number of benzene rings is 2. The van der Waals surface area contributed by atoms with Gasteiger partial charge in [-0.05, 0) is 62.2 Å². The molecule has 0 saturated carbocycles. The molecule has 3 aromatic heterocycles. The van der Waals surface area contributed by atoms with E-state index in [4.69, 9.17) is 16.1 Å². The topological polar surface area (TPSA) is 87.6 Å². The highest BCUT2D eigenvalue weighted by molar-refractivity contribution is 6.02. The summed E-state index contributed by atoms with van der Waals surface area (Å²) in [5.41, 5.74) is 1.16. The predicted molar refractivity (Wildman–Crippen MR) is 201 cm³/mol. The molecule has 4 fully saturated rings. The van der Waals surface area contributed by atoms with Gasteiger partial charge in [0.25, 0.3) is 5.91 Å².